The van der Waals surface area contributed by atoms with Crippen molar-refractivity contribution in [2.45, 2.75) is 37.1 Å². The van der Waals surface area contributed by atoms with Crippen LogP contribution in [0.5, 0.6) is 0 Å². The van der Waals surface area contributed by atoms with Gasteiger partial charge in [-0.15, -0.1) is 0 Å². The fourth-order valence-electron chi connectivity index (χ4n) is 10.3. The first-order valence-corrected chi connectivity index (χ1v) is 20.8. The Hall–Kier alpha value is -7.19. The van der Waals surface area contributed by atoms with Crippen LogP contribution in [-0.2, 0) is 37.1 Å². The third kappa shape index (κ3) is 7.10. The van der Waals surface area contributed by atoms with Crippen molar-refractivity contribution in [3.63, 3.8) is 0 Å². The van der Waals surface area contributed by atoms with E-state index >= 15 is 0 Å². The van der Waals surface area contributed by atoms with E-state index in [-0.39, 0.29) is 84.0 Å². The minimum absolute atomic E-state index is 0.134. The molecule has 7 aromatic rings. The first-order chi connectivity index (χ1) is 33.0. The van der Waals surface area contributed by atoms with Crippen LogP contribution in [0.3, 0.4) is 0 Å². The number of hydrogen-bond donors (Lipinski definition) is 0. The highest BCUT2D eigenvalue weighted by Gasteiger charge is 2.54. The molecular weight excluding hydrogens is 982 g/mol. The van der Waals surface area contributed by atoms with Gasteiger partial charge >= 0.3 is 37.1 Å². The van der Waals surface area contributed by atoms with E-state index in [0.717, 1.165) is 48.5 Å². The highest BCUT2D eigenvalue weighted by Crippen LogP contribution is 2.52. The van der Waals surface area contributed by atoms with E-state index < -0.39 is 83.9 Å². The molecule has 0 atom stereocenters. The summed E-state index contributed by atoms with van der Waals surface area (Å²) in [6, 6.07) is 16.7. The topological polar surface area (TPSA) is 9.72 Å². The van der Waals surface area contributed by atoms with Gasteiger partial charge in [0.15, 0.2) is 0 Å². The van der Waals surface area contributed by atoms with Gasteiger partial charge in [0.25, 0.3) is 13.4 Å². The molecule has 0 fully saturated rings. The fourth-order valence-corrected chi connectivity index (χ4v) is 10.3. The molecule has 11 rings (SSSR count). The number of rotatable bonds is 2. The molecule has 0 saturated carbocycles. The first-order valence-electron chi connectivity index (χ1n) is 20.8. The summed E-state index contributed by atoms with van der Waals surface area (Å²) in [5, 5.41) is 0. The third-order valence-corrected chi connectivity index (χ3v) is 13.2. The van der Waals surface area contributed by atoms with Gasteiger partial charge in [0, 0.05) is 51.2 Å². The second kappa shape index (κ2) is 14.7. The minimum Gasteiger partial charge on any atom is -0.312 e. The van der Waals surface area contributed by atoms with Crippen molar-refractivity contribution >= 4 is 97.4 Å². The van der Waals surface area contributed by atoms with Crippen molar-refractivity contribution in [3.8, 4) is 0 Å². The highest BCUT2D eigenvalue weighted by atomic mass is 19.4. The van der Waals surface area contributed by atoms with Crippen molar-refractivity contribution in [2.75, 3.05) is 14.7 Å². The monoisotopic (exact) mass is 1000 g/mol. The van der Waals surface area contributed by atoms with Gasteiger partial charge in [0.1, 0.15) is 0 Å². The number of halogens is 18. The lowest BCUT2D eigenvalue weighted by atomic mass is 9.28. The molecule has 0 bridgehead atoms. The van der Waals surface area contributed by atoms with Crippen LogP contribution in [-0.4, -0.2) is 13.4 Å². The van der Waals surface area contributed by atoms with Crippen LogP contribution in [0, 0.1) is 0 Å². The van der Waals surface area contributed by atoms with Crippen LogP contribution in [0.25, 0.3) is 0 Å². The van der Waals surface area contributed by atoms with Gasteiger partial charge in [-0.1, -0.05) is 24.3 Å². The summed E-state index contributed by atoms with van der Waals surface area (Å²) in [7, 11) is 0. The van der Waals surface area contributed by atoms with E-state index in [9.17, 15) is 79.0 Å². The van der Waals surface area contributed by atoms with Crippen LogP contribution in [0.2, 0.25) is 0 Å². The lowest BCUT2D eigenvalue weighted by Gasteiger charge is -2.51. The van der Waals surface area contributed by atoms with E-state index in [4.69, 9.17) is 0 Å². The zero-order valence-electron chi connectivity index (χ0n) is 34.9. The SMILES string of the molecule is FC(F)(F)c1ccc(N2c3ccc(C(F)(F)F)cc3B3c4cc(C(F)(F)F)ccc4N4c5ccc(C(F)(F)F)cc5B5c6cc(C(F)(F)F)ccc6N(c6ccc(C(F)(F)F)cc6)c6cc2c3c4c65)cc1. The largest absolute Gasteiger partial charge is 0.416 e. The average Bonchev–Trinajstić information content (AvgIpc) is 3.28. The van der Waals surface area contributed by atoms with Crippen molar-refractivity contribution in [2.24, 2.45) is 0 Å². The average molecular weight is 1000 g/mol. The van der Waals surface area contributed by atoms with Crippen LogP contribution < -0.4 is 47.5 Å². The molecule has 23 heteroatoms. The molecule has 71 heavy (non-hydrogen) atoms. The molecule has 7 aromatic carbocycles. The molecule has 0 radical (unpaired) electrons. The predicted octanol–water partition coefficient (Wildman–Crippen LogP) is 12.5. The van der Waals surface area contributed by atoms with Gasteiger partial charge in [-0.05, 0) is 136 Å². The summed E-state index contributed by atoms with van der Waals surface area (Å²) in [5.41, 5.74) is -10.7. The summed E-state index contributed by atoms with van der Waals surface area (Å²) >= 11 is 0. The Balaban J connectivity index is 1.33. The number of fused-ring (bicyclic) bond motifs is 10. The lowest BCUT2D eigenvalue weighted by Crippen LogP contribution is -2.69. The summed E-state index contributed by atoms with van der Waals surface area (Å²) in [5.74, 6) is 0. The molecule has 4 aliphatic rings. The van der Waals surface area contributed by atoms with Gasteiger partial charge in [0.05, 0.1) is 33.4 Å². The number of nitrogens with zero attached hydrogens (tertiary/aromatic N) is 3. The lowest BCUT2D eigenvalue weighted by molar-refractivity contribution is -0.138. The smallest absolute Gasteiger partial charge is 0.312 e. The number of anilines is 9. The molecule has 0 aromatic heterocycles. The van der Waals surface area contributed by atoms with E-state index in [1.165, 1.54) is 20.8 Å². The molecule has 0 saturated heterocycles. The molecule has 0 amide bonds. The van der Waals surface area contributed by atoms with Gasteiger partial charge in [0.2, 0.25) is 0 Å². The summed E-state index contributed by atoms with van der Waals surface area (Å²) in [4.78, 5) is 3.68. The normalized spacial score (nSPS) is 15.0. The first kappa shape index (κ1) is 46.2. The van der Waals surface area contributed by atoms with E-state index in [2.05, 4.69) is 0 Å². The molecule has 360 valence electrons. The molecular formula is C48H21B2F18N3. The van der Waals surface area contributed by atoms with Crippen LogP contribution in [0.4, 0.5) is 130 Å². The fraction of sp³-hybridized carbons (Fsp3) is 0.125. The predicted molar refractivity (Wildman–Crippen MR) is 230 cm³/mol. The van der Waals surface area contributed by atoms with E-state index in [1.807, 2.05) is 0 Å². The Morgan fingerprint density at radius 3 is 0.746 bits per heavy atom. The summed E-state index contributed by atoms with van der Waals surface area (Å²) < 4.78 is 261. The Kier molecular flexibility index (Phi) is 9.56. The standard InChI is InChI=1S/C48H21B2F18N3/c51-43(52,53)22-1-9-28(10-2-22)69-34-13-5-24(45(57,58)59)17-30(34)49-32-19-26(47(63,64)65)7-15-36(32)71-37-16-8-27(48(66,67)68)20-33(37)50-31-18-25(46(60,61)62)6-14-35(31)70(29-11-3-23(4-12-29)44(54,55)56)39-21-38(69)40(49)42(71)41(39)50/h1-21H. The van der Waals surface area contributed by atoms with E-state index in [1.54, 1.807) is 0 Å². The van der Waals surface area contributed by atoms with Crippen LogP contribution in [0.15, 0.2) is 127 Å². The molecule has 0 aliphatic carbocycles. The summed E-state index contributed by atoms with van der Waals surface area (Å²) in [6.07, 6.45) is -30.2. The van der Waals surface area contributed by atoms with Gasteiger partial charge in [-0.3, -0.25) is 0 Å². The maximum atomic E-state index is 14.7. The van der Waals surface area contributed by atoms with Crippen molar-refractivity contribution in [3.05, 3.63) is 161 Å². The zero-order valence-corrected chi connectivity index (χ0v) is 34.9. The molecule has 3 nitrogen and oxygen atoms in total. The highest BCUT2D eigenvalue weighted by molar-refractivity contribution is 7.04. The quantitative estimate of drug-likeness (QED) is 0.126. The van der Waals surface area contributed by atoms with Crippen molar-refractivity contribution < 1.29 is 79.0 Å². The molecule has 4 heterocycles. The van der Waals surface area contributed by atoms with Gasteiger partial charge < -0.3 is 14.7 Å². The Bertz CT molecular complexity index is 3100. The van der Waals surface area contributed by atoms with Crippen molar-refractivity contribution in [1.29, 1.82) is 0 Å². The number of alkyl halides is 18. The second-order valence-corrected chi connectivity index (χ2v) is 17.1. The Morgan fingerprint density at radius 1 is 0.254 bits per heavy atom. The Labute approximate surface area is 388 Å². The van der Waals surface area contributed by atoms with Crippen LogP contribution >= 0.6 is 0 Å². The van der Waals surface area contributed by atoms with Gasteiger partial charge in [-0.25, -0.2) is 0 Å². The third-order valence-electron chi connectivity index (χ3n) is 13.2. The number of benzene rings is 7. The molecule has 0 N–H and O–H groups in total. The molecule has 0 spiro atoms. The molecule has 4 aliphatic heterocycles. The van der Waals surface area contributed by atoms with E-state index in [0.29, 0.717) is 72.8 Å². The van der Waals surface area contributed by atoms with Gasteiger partial charge in [-0.2, -0.15) is 79.0 Å². The summed E-state index contributed by atoms with van der Waals surface area (Å²) in [6.45, 7) is -3.33. The maximum absolute atomic E-state index is 14.7. The van der Waals surface area contributed by atoms with Crippen LogP contribution in [0.1, 0.15) is 33.4 Å². The molecule has 0 unspecified atom stereocenters. The zero-order chi connectivity index (χ0) is 50.9. The van der Waals surface area contributed by atoms with Crippen molar-refractivity contribution in [1.82, 2.24) is 0 Å². The second-order valence-electron chi connectivity index (χ2n) is 17.1. The maximum Gasteiger partial charge on any atom is 0.416 e. The minimum atomic E-state index is -5.10. The Morgan fingerprint density at radius 2 is 0.493 bits per heavy atom. The number of hydrogen-bond acceptors (Lipinski definition) is 3.